The Kier molecular flexibility index (Phi) is 5.54. The monoisotopic (exact) mass is 265 g/mol. The summed E-state index contributed by atoms with van der Waals surface area (Å²) in [5, 5.41) is 3.34. The van der Waals surface area contributed by atoms with Gasteiger partial charge in [0.2, 0.25) is 0 Å². The topological polar surface area (TPSA) is 21.3 Å². The molecular formula is C15H23NOS. The number of ether oxygens (including phenoxy) is 1. The van der Waals surface area contributed by atoms with E-state index < -0.39 is 0 Å². The Morgan fingerprint density at radius 2 is 2.17 bits per heavy atom. The van der Waals surface area contributed by atoms with Gasteiger partial charge >= 0.3 is 0 Å². The molecule has 2 unspecified atom stereocenters. The molecule has 0 radical (unpaired) electrons. The van der Waals surface area contributed by atoms with Crippen molar-refractivity contribution >= 4 is 11.8 Å². The van der Waals surface area contributed by atoms with E-state index in [-0.39, 0.29) is 0 Å². The van der Waals surface area contributed by atoms with E-state index in [0.717, 1.165) is 18.8 Å². The minimum atomic E-state index is 0.468. The molecule has 1 heterocycles. The number of nitrogens with one attached hydrogen (secondary N) is 1. The van der Waals surface area contributed by atoms with Gasteiger partial charge in [0.1, 0.15) is 0 Å². The number of benzene rings is 1. The maximum atomic E-state index is 5.64. The number of rotatable bonds is 6. The van der Waals surface area contributed by atoms with E-state index in [4.69, 9.17) is 4.74 Å². The third kappa shape index (κ3) is 3.74. The zero-order chi connectivity index (χ0) is 12.8. The van der Waals surface area contributed by atoms with Gasteiger partial charge in [-0.1, -0.05) is 19.1 Å². The van der Waals surface area contributed by atoms with Crippen LogP contribution in [0.25, 0.3) is 0 Å². The van der Waals surface area contributed by atoms with Crippen LogP contribution in [0.4, 0.5) is 0 Å². The molecule has 0 aromatic heterocycles. The van der Waals surface area contributed by atoms with Gasteiger partial charge < -0.3 is 10.1 Å². The lowest BCUT2D eigenvalue weighted by Gasteiger charge is -2.15. The summed E-state index contributed by atoms with van der Waals surface area (Å²) in [6.45, 7) is 3.16. The van der Waals surface area contributed by atoms with Gasteiger partial charge in [0.05, 0.1) is 6.10 Å². The number of hydrogen-bond donors (Lipinski definition) is 1. The van der Waals surface area contributed by atoms with Crippen molar-refractivity contribution in [3.05, 3.63) is 29.8 Å². The zero-order valence-electron chi connectivity index (χ0n) is 11.3. The van der Waals surface area contributed by atoms with E-state index in [9.17, 15) is 0 Å². The Balaban J connectivity index is 1.86. The van der Waals surface area contributed by atoms with Crippen molar-refractivity contribution in [2.75, 3.05) is 19.4 Å². The predicted molar refractivity (Wildman–Crippen MR) is 78.2 cm³/mol. The molecule has 1 fully saturated rings. The summed E-state index contributed by atoms with van der Waals surface area (Å²) in [6.07, 6.45) is 4.04. The summed E-state index contributed by atoms with van der Waals surface area (Å²) in [4.78, 5) is 1.35. The summed E-state index contributed by atoms with van der Waals surface area (Å²) in [5.41, 5.74) is 1.38. The van der Waals surface area contributed by atoms with Gasteiger partial charge in [0.25, 0.3) is 0 Å². The normalized spacial score (nSPS) is 21.1. The van der Waals surface area contributed by atoms with Crippen molar-refractivity contribution in [1.29, 1.82) is 0 Å². The second-order valence-corrected chi connectivity index (χ2v) is 5.86. The molecular weight excluding hydrogens is 242 g/mol. The maximum absolute atomic E-state index is 5.64. The fourth-order valence-corrected chi connectivity index (χ4v) is 3.34. The van der Waals surface area contributed by atoms with E-state index in [1.807, 2.05) is 18.8 Å². The van der Waals surface area contributed by atoms with Gasteiger partial charge in [-0.25, -0.2) is 0 Å². The fraction of sp³-hybridized carbons (Fsp3) is 0.600. The van der Waals surface area contributed by atoms with E-state index in [2.05, 4.69) is 36.5 Å². The Labute approximate surface area is 114 Å². The molecule has 2 rings (SSSR count). The first-order valence-corrected chi connectivity index (χ1v) is 7.83. The molecule has 1 aromatic carbocycles. The van der Waals surface area contributed by atoms with Crippen molar-refractivity contribution in [2.24, 2.45) is 0 Å². The highest BCUT2D eigenvalue weighted by atomic mass is 32.2. The van der Waals surface area contributed by atoms with Crippen LogP contribution in [-0.2, 0) is 4.74 Å². The highest BCUT2D eigenvalue weighted by molar-refractivity contribution is 7.99. The second-order valence-electron chi connectivity index (χ2n) is 4.76. The van der Waals surface area contributed by atoms with E-state index in [1.165, 1.54) is 23.3 Å². The third-order valence-corrected chi connectivity index (χ3v) is 4.64. The predicted octanol–water partition coefficient (Wildman–Crippen LogP) is 3.63. The van der Waals surface area contributed by atoms with Crippen LogP contribution < -0.4 is 5.32 Å². The smallest absolute Gasteiger partial charge is 0.0669 e. The summed E-state index contributed by atoms with van der Waals surface area (Å²) in [5.74, 6) is 1.09. The van der Waals surface area contributed by atoms with E-state index >= 15 is 0 Å². The Bertz CT molecular complexity index is 342. The van der Waals surface area contributed by atoms with Crippen LogP contribution in [0.15, 0.2) is 29.2 Å². The first-order chi connectivity index (χ1) is 8.83. The van der Waals surface area contributed by atoms with Crippen LogP contribution in [0.2, 0.25) is 0 Å². The Hall–Kier alpha value is -0.510. The van der Waals surface area contributed by atoms with Gasteiger partial charge in [-0.3, -0.25) is 0 Å². The molecule has 0 saturated carbocycles. The van der Waals surface area contributed by atoms with Crippen molar-refractivity contribution in [2.45, 2.75) is 43.2 Å². The average Bonchev–Trinajstić information content (AvgIpc) is 2.92. The maximum Gasteiger partial charge on any atom is 0.0669 e. The average molecular weight is 265 g/mol. The Morgan fingerprint density at radius 3 is 2.72 bits per heavy atom. The molecule has 1 aliphatic rings. The molecule has 0 spiro atoms. The van der Waals surface area contributed by atoms with Crippen molar-refractivity contribution in [3.63, 3.8) is 0 Å². The van der Waals surface area contributed by atoms with Crippen LogP contribution in [0.1, 0.15) is 37.8 Å². The molecule has 2 atom stereocenters. The van der Waals surface area contributed by atoms with Crippen molar-refractivity contribution in [3.8, 4) is 0 Å². The molecule has 1 aromatic rings. The minimum absolute atomic E-state index is 0.468. The molecule has 0 aliphatic carbocycles. The molecule has 1 aliphatic heterocycles. The molecule has 18 heavy (non-hydrogen) atoms. The molecule has 0 bridgehead atoms. The lowest BCUT2D eigenvalue weighted by molar-refractivity contribution is 0.129. The lowest BCUT2D eigenvalue weighted by Crippen LogP contribution is -2.14. The highest BCUT2D eigenvalue weighted by Crippen LogP contribution is 2.25. The van der Waals surface area contributed by atoms with Crippen molar-refractivity contribution < 1.29 is 4.74 Å². The van der Waals surface area contributed by atoms with E-state index in [1.54, 1.807) is 0 Å². The number of thioether (sulfide) groups is 1. The Morgan fingerprint density at radius 1 is 1.39 bits per heavy atom. The highest BCUT2D eigenvalue weighted by Gasteiger charge is 2.15. The summed E-state index contributed by atoms with van der Waals surface area (Å²) in [6, 6.07) is 9.41. The van der Waals surface area contributed by atoms with Gasteiger partial charge in [0, 0.05) is 23.3 Å². The van der Waals surface area contributed by atoms with Crippen LogP contribution in [0, 0.1) is 0 Å². The lowest BCUT2D eigenvalue weighted by atomic mass is 10.1. The quantitative estimate of drug-likeness (QED) is 0.794. The van der Waals surface area contributed by atoms with Gasteiger partial charge in [-0.05, 0) is 44.0 Å². The second kappa shape index (κ2) is 7.17. The largest absolute Gasteiger partial charge is 0.377 e. The zero-order valence-corrected chi connectivity index (χ0v) is 12.1. The number of hydrogen-bond acceptors (Lipinski definition) is 3. The molecule has 0 amide bonds. The first kappa shape index (κ1) is 13.9. The van der Waals surface area contributed by atoms with Crippen LogP contribution >= 0.6 is 11.8 Å². The van der Waals surface area contributed by atoms with Gasteiger partial charge in [0.15, 0.2) is 0 Å². The van der Waals surface area contributed by atoms with Crippen molar-refractivity contribution in [1.82, 2.24) is 5.32 Å². The van der Waals surface area contributed by atoms with E-state index in [0.29, 0.717) is 12.1 Å². The molecule has 2 nitrogen and oxygen atoms in total. The summed E-state index contributed by atoms with van der Waals surface area (Å²) < 4.78 is 5.64. The van der Waals surface area contributed by atoms with Crippen LogP contribution in [0.3, 0.4) is 0 Å². The SMILES string of the molecule is CCC(NC)c1ccc(SCC2CCCO2)cc1. The fourth-order valence-electron chi connectivity index (χ4n) is 2.37. The molecule has 3 heteroatoms. The first-order valence-electron chi connectivity index (χ1n) is 6.85. The molecule has 100 valence electrons. The van der Waals surface area contributed by atoms with Gasteiger partial charge in [-0.2, -0.15) is 0 Å². The molecule has 1 saturated heterocycles. The van der Waals surface area contributed by atoms with Gasteiger partial charge in [-0.15, -0.1) is 11.8 Å². The summed E-state index contributed by atoms with van der Waals surface area (Å²) >= 11 is 1.91. The minimum Gasteiger partial charge on any atom is -0.377 e. The molecule has 1 N–H and O–H groups in total. The van der Waals surface area contributed by atoms with Crippen LogP contribution in [-0.4, -0.2) is 25.5 Å². The third-order valence-electron chi connectivity index (χ3n) is 3.50. The summed E-state index contributed by atoms with van der Waals surface area (Å²) in [7, 11) is 2.02. The van der Waals surface area contributed by atoms with Crippen LogP contribution in [0.5, 0.6) is 0 Å². The standard InChI is InChI=1S/C15H23NOS/c1-3-15(16-2)12-6-8-14(9-7-12)18-11-13-5-4-10-17-13/h6-9,13,15-16H,3-5,10-11H2,1-2H3.